The second kappa shape index (κ2) is 14.0. The van der Waals surface area contributed by atoms with Gasteiger partial charge in [-0.25, -0.2) is 18.6 Å². The Labute approximate surface area is 264 Å². The van der Waals surface area contributed by atoms with Crippen molar-refractivity contribution in [2.75, 3.05) is 37.8 Å². The number of pyridine rings is 1. The van der Waals surface area contributed by atoms with Gasteiger partial charge in [-0.1, -0.05) is 19.6 Å². The molecule has 0 unspecified atom stereocenters. The monoisotopic (exact) mass is 651 g/mol. The molecule has 14 heteroatoms. The predicted molar refractivity (Wildman–Crippen MR) is 169 cm³/mol. The molecule has 1 N–H and O–H groups in total. The summed E-state index contributed by atoms with van der Waals surface area (Å²) in [5.74, 6) is -1.49. The first kappa shape index (κ1) is 34.6. The van der Waals surface area contributed by atoms with E-state index in [1.165, 1.54) is 11.1 Å². The Hall–Kier alpha value is -3.26. The third-order valence-electron chi connectivity index (χ3n) is 8.19. The van der Waals surface area contributed by atoms with Gasteiger partial charge in [-0.05, 0) is 64.5 Å². The third kappa shape index (κ3) is 9.15. The van der Waals surface area contributed by atoms with Gasteiger partial charge >= 0.3 is 12.1 Å². The van der Waals surface area contributed by atoms with E-state index in [1.807, 2.05) is 16.8 Å². The molecule has 0 aromatic carbocycles. The van der Waals surface area contributed by atoms with Gasteiger partial charge in [-0.3, -0.25) is 9.59 Å². The van der Waals surface area contributed by atoms with Crippen LogP contribution < -0.4 is 4.90 Å². The Morgan fingerprint density at radius 2 is 1.87 bits per heavy atom. The molecule has 3 heterocycles. The average Bonchev–Trinajstić information content (AvgIpc) is 3.34. The first-order valence-electron chi connectivity index (χ1n) is 15.6. The Morgan fingerprint density at radius 1 is 1.18 bits per heavy atom. The molecule has 4 rings (SSSR count). The molecule has 1 fully saturated rings. The molecule has 250 valence electrons. The van der Waals surface area contributed by atoms with Crippen LogP contribution >= 0.6 is 0 Å². The lowest BCUT2D eigenvalue weighted by molar-refractivity contribution is -0.137. The molecule has 0 atom stereocenters. The summed E-state index contributed by atoms with van der Waals surface area (Å²) in [5.41, 5.74) is 0.960. The number of anilines is 1. The van der Waals surface area contributed by atoms with Crippen molar-refractivity contribution >= 4 is 42.8 Å². The zero-order valence-electron chi connectivity index (χ0n) is 27.2. The van der Waals surface area contributed by atoms with Crippen LogP contribution in [0.2, 0.25) is 25.7 Å². The minimum atomic E-state index is -2.68. The molecule has 0 saturated heterocycles. The van der Waals surface area contributed by atoms with Crippen molar-refractivity contribution in [1.29, 1.82) is 0 Å². The Kier molecular flexibility index (Phi) is 10.8. The van der Waals surface area contributed by atoms with E-state index in [4.69, 9.17) is 9.47 Å². The SMILES string of the molecule is CC(C)(C)OC(=O)N(CC(F)F)CC1CCC(N2CN(CC(=O)O)C(=O)c3cnc4c(ccn4COCC[Si](C)(C)C)c32)CC1. The van der Waals surface area contributed by atoms with Gasteiger partial charge in [-0.15, -0.1) is 0 Å². The lowest BCUT2D eigenvalue weighted by Gasteiger charge is -2.44. The van der Waals surface area contributed by atoms with Crippen molar-refractivity contribution < 1.29 is 37.7 Å². The van der Waals surface area contributed by atoms with Gasteiger partial charge < -0.3 is 33.8 Å². The number of alkyl halides is 2. The summed E-state index contributed by atoms with van der Waals surface area (Å²) >= 11 is 0. The van der Waals surface area contributed by atoms with E-state index in [1.54, 1.807) is 20.8 Å². The van der Waals surface area contributed by atoms with E-state index in [-0.39, 0.29) is 31.1 Å². The highest BCUT2D eigenvalue weighted by molar-refractivity contribution is 6.76. The van der Waals surface area contributed by atoms with Crippen molar-refractivity contribution in [1.82, 2.24) is 19.4 Å². The second-order valence-corrected chi connectivity index (χ2v) is 20.0. The van der Waals surface area contributed by atoms with Gasteiger partial charge in [0.2, 0.25) is 0 Å². The van der Waals surface area contributed by atoms with Crippen molar-refractivity contribution in [3.63, 3.8) is 0 Å². The van der Waals surface area contributed by atoms with Gasteiger partial charge in [0.05, 0.1) is 24.5 Å². The number of nitrogens with zero attached hydrogens (tertiary/aromatic N) is 5. The van der Waals surface area contributed by atoms with Crippen LogP contribution in [0.25, 0.3) is 11.0 Å². The molecule has 1 aliphatic carbocycles. The summed E-state index contributed by atoms with van der Waals surface area (Å²) in [5, 5.41) is 10.3. The molecule has 1 saturated carbocycles. The standard InChI is InChI=1S/C31H47F2N5O6Si/c1-31(2,3)44-30(42)36(17-25(32)33)16-21-7-9-22(10-8-21)38-19-37(18-26(39)40)29(41)24-15-34-28-23(27(24)38)11-12-35(28)20-43-13-14-45(4,5)6/h11-12,15,21-22,25H,7-10,13-14,16-20H2,1-6H3,(H,39,40). The topological polar surface area (TPSA) is 117 Å². The number of fused-ring (bicyclic) bond motifs is 3. The summed E-state index contributed by atoms with van der Waals surface area (Å²) in [6.45, 7) is 12.1. The van der Waals surface area contributed by atoms with Crippen LogP contribution in [0.1, 0.15) is 56.8 Å². The molecule has 2 aliphatic rings. The number of aliphatic carboxylic acids is 1. The molecule has 2 aromatic rings. The van der Waals surface area contributed by atoms with Crippen LogP contribution in [0.3, 0.4) is 0 Å². The molecule has 2 amide bonds. The third-order valence-corrected chi connectivity index (χ3v) is 9.89. The Morgan fingerprint density at radius 3 is 2.47 bits per heavy atom. The van der Waals surface area contributed by atoms with Crippen LogP contribution in [0.5, 0.6) is 0 Å². The van der Waals surface area contributed by atoms with E-state index >= 15 is 0 Å². The number of carboxylic acids is 1. The minimum Gasteiger partial charge on any atom is -0.480 e. The Bertz CT molecular complexity index is 1370. The highest BCUT2D eigenvalue weighted by Crippen LogP contribution is 2.39. The fraction of sp³-hybridized carbons (Fsp3) is 0.677. The number of carbonyl (C=O) groups is 3. The second-order valence-electron chi connectivity index (χ2n) is 14.4. The summed E-state index contributed by atoms with van der Waals surface area (Å²) in [6.07, 6.45) is 2.70. The number of rotatable bonds is 12. The summed E-state index contributed by atoms with van der Waals surface area (Å²) < 4.78 is 40.0. The van der Waals surface area contributed by atoms with E-state index in [2.05, 4.69) is 29.5 Å². The van der Waals surface area contributed by atoms with E-state index in [0.29, 0.717) is 50.2 Å². The normalized spacial score (nSPS) is 19.3. The Balaban J connectivity index is 1.54. The molecule has 2 aromatic heterocycles. The molecule has 0 bridgehead atoms. The molecule has 1 aliphatic heterocycles. The number of amides is 2. The van der Waals surface area contributed by atoms with Crippen molar-refractivity contribution in [2.45, 2.75) is 96.9 Å². The lowest BCUT2D eigenvalue weighted by atomic mass is 9.84. The zero-order valence-corrected chi connectivity index (χ0v) is 28.2. The zero-order chi connectivity index (χ0) is 33.1. The molecular formula is C31H47F2N5O6Si. The predicted octanol–water partition coefficient (Wildman–Crippen LogP) is 5.71. The molecular weight excluding hydrogens is 604 g/mol. The number of hydrogen-bond donors (Lipinski definition) is 1. The summed E-state index contributed by atoms with van der Waals surface area (Å²) in [7, 11) is -1.24. The van der Waals surface area contributed by atoms with Crippen molar-refractivity contribution in [3.8, 4) is 0 Å². The highest BCUT2D eigenvalue weighted by atomic mass is 28.3. The number of aromatic nitrogens is 2. The lowest BCUT2D eigenvalue weighted by Crippen LogP contribution is -2.53. The number of carboxylic acid groups (broad SMARTS) is 1. The van der Waals surface area contributed by atoms with Crippen LogP contribution in [0, 0.1) is 5.92 Å². The molecule has 0 radical (unpaired) electrons. The maximum absolute atomic E-state index is 13.4. The highest BCUT2D eigenvalue weighted by Gasteiger charge is 2.38. The largest absolute Gasteiger partial charge is 0.480 e. The van der Waals surface area contributed by atoms with Crippen molar-refractivity contribution in [2.24, 2.45) is 5.92 Å². The first-order chi connectivity index (χ1) is 21.0. The van der Waals surface area contributed by atoms with Gasteiger partial charge in [-0.2, -0.15) is 0 Å². The number of hydrogen-bond acceptors (Lipinski definition) is 7. The van der Waals surface area contributed by atoms with Gasteiger partial charge in [0.25, 0.3) is 12.3 Å². The fourth-order valence-corrected chi connectivity index (χ4v) is 6.73. The number of ether oxygens (including phenoxy) is 2. The fourth-order valence-electron chi connectivity index (χ4n) is 5.98. The first-order valence-corrected chi connectivity index (χ1v) is 19.3. The molecule has 45 heavy (non-hydrogen) atoms. The van der Waals surface area contributed by atoms with Crippen LogP contribution in [0.15, 0.2) is 18.5 Å². The van der Waals surface area contributed by atoms with E-state index < -0.39 is 45.3 Å². The van der Waals surface area contributed by atoms with E-state index in [0.717, 1.165) is 22.0 Å². The van der Waals surface area contributed by atoms with Gasteiger partial charge in [0.15, 0.2) is 0 Å². The van der Waals surface area contributed by atoms with E-state index in [9.17, 15) is 28.3 Å². The van der Waals surface area contributed by atoms with Crippen molar-refractivity contribution in [3.05, 3.63) is 24.0 Å². The number of carbonyl (C=O) groups excluding carboxylic acids is 2. The smallest absolute Gasteiger partial charge is 0.410 e. The minimum absolute atomic E-state index is 0.000356. The summed E-state index contributed by atoms with van der Waals surface area (Å²) in [6, 6.07) is 2.93. The van der Waals surface area contributed by atoms with Gasteiger partial charge in [0.1, 0.15) is 24.5 Å². The average molecular weight is 652 g/mol. The molecule has 0 spiro atoms. The van der Waals surface area contributed by atoms with Crippen LogP contribution in [-0.2, 0) is 21.0 Å². The van der Waals surface area contributed by atoms with Crippen LogP contribution in [0.4, 0.5) is 19.3 Å². The quantitative estimate of drug-likeness (QED) is 0.229. The molecule has 11 nitrogen and oxygen atoms in total. The van der Waals surface area contributed by atoms with Crippen LogP contribution in [-0.4, -0.2) is 101 Å². The maximum Gasteiger partial charge on any atom is 0.410 e. The number of halogens is 2. The van der Waals surface area contributed by atoms with Gasteiger partial charge in [0, 0.05) is 45.0 Å². The maximum atomic E-state index is 13.4. The summed E-state index contributed by atoms with van der Waals surface area (Å²) in [4.78, 5) is 46.9.